The Kier molecular flexibility index (Phi) is 8.46. The molecule has 0 aliphatic heterocycles. The Morgan fingerprint density at radius 3 is 1.88 bits per heavy atom. The van der Waals surface area contributed by atoms with Crippen LogP contribution in [0.2, 0.25) is 0 Å². The quantitative estimate of drug-likeness (QED) is 0.235. The lowest BCUT2D eigenvalue weighted by Gasteiger charge is -2.15. The van der Waals surface area contributed by atoms with Gasteiger partial charge in [0.15, 0.2) is 0 Å². The Bertz CT molecular complexity index is 1130. The molecule has 0 unspecified atom stereocenters. The molecule has 0 saturated carbocycles. The Balaban J connectivity index is 1.86. The van der Waals surface area contributed by atoms with E-state index in [0.717, 1.165) is 23.0 Å². The number of hydrogen-bond acceptors (Lipinski definition) is 5. The van der Waals surface area contributed by atoms with E-state index >= 15 is 0 Å². The summed E-state index contributed by atoms with van der Waals surface area (Å²) >= 11 is 0. The van der Waals surface area contributed by atoms with Crippen LogP contribution in [0.5, 0.6) is 23.0 Å². The van der Waals surface area contributed by atoms with Gasteiger partial charge >= 0.3 is 0 Å². The maximum absolute atomic E-state index is 13.0. The fourth-order valence-corrected chi connectivity index (χ4v) is 3.38. The number of carbonyl (C=O) groups excluding carboxylic acids is 2. The molecule has 0 atom stereocenters. The van der Waals surface area contributed by atoms with Crippen LogP contribution in [0.4, 0.5) is 0 Å². The minimum Gasteiger partial charge on any atom is -0.497 e. The van der Waals surface area contributed by atoms with Crippen LogP contribution in [-0.4, -0.2) is 45.4 Å². The van der Waals surface area contributed by atoms with Gasteiger partial charge in [0.1, 0.15) is 29.3 Å². The number of ether oxygens (including phenoxy) is 3. The van der Waals surface area contributed by atoms with Crippen molar-refractivity contribution in [3.05, 3.63) is 83.4 Å². The van der Waals surface area contributed by atoms with Gasteiger partial charge in [-0.05, 0) is 65.6 Å². The summed E-state index contributed by atoms with van der Waals surface area (Å²) in [4.78, 5) is 25.1. The van der Waals surface area contributed by atoms with E-state index in [1.54, 1.807) is 39.3 Å². The van der Waals surface area contributed by atoms with Gasteiger partial charge in [0.2, 0.25) is 0 Å². The zero-order chi connectivity index (χ0) is 24.5. The summed E-state index contributed by atoms with van der Waals surface area (Å²) < 4.78 is 16.7. The van der Waals surface area contributed by atoms with Crippen LogP contribution in [0.1, 0.15) is 23.1 Å². The summed E-state index contributed by atoms with van der Waals surface area (Å²) in [5, 5.41) is 0. The maximum Gasteiger partial charge on any atom is 0.253 e. The molecule has 34 heavy (non-hydrogen) atoms. The van der Waals surface area contributed by atoms with Crippen molar-refractivity contribution in [2.75, 3.05) is 28.3 Å². The summed E-state index contributed by atoms with van der Waals surface area (Å²) in [6, 6.07) is 20.5. The third-order valence-electron chi connectivity index (χ3n) is 5.20. The minimum atomic E-state index is -0.124. The van der Waals surface area contributed by atoms with Crippen LogP contribution < -0.4 is 14.2 Å². The van der Waals surface area contributed by atoms with E-state index < -0.39 is 0 Å². The van der Waals surface area contributed by atoms with Crippen LogP contribution in [0, 0.1) is 0 Å². The molecule has 0 saturated heterocycles. The van der Waals surface area contributed by atoms with Gasteiger partial charge in [-0.1, -0.05) is 24.3 Å². The zero-order valence-corrected chi connectivity index (χ0v) is 19.9. The van der Waals surface area contributed by atoms with E-state index in [9.17, 15) is 9.59 Å². The van der Waals surface area contributed by atoms with E-state index in [2.05, 4.69) is 0 Å². The summed E-state index contributed by atoms with van der Waals surface area (Å²) in [5.74, 6) is 2.52. The van der Waals surface area contributed by atoms with Gasteiger partial charge in [-0.15, -0.1) is 0 Å². The number of carbonyl (C=O) groups is 2. The first-order chi connectivity index (χ1) is 16.4. The minimum absolute atomic E-state index is 0.124. The maximum atomic E-state index is 13.0. The van der Waals surface area contributed by atoms with Crippen LogP contribution >= 0.6 is 0 Å². The second-order valence-corrected chi connectivity index (χ2v) is 7.88. The Labute approximate surface area is 200 Å². The molecule has 0 spiro atoms. The molecule has 176 valence electrons. The van der Waals surface area contributed by atoms with Crippen molar-refractivity contribution < 1.29 is 23.8 Å². The monoisotopic (exact) mass is 459 g/mol. The van der Waals surface area contributed by atoms with E-state index in [4.69, 9.17) is 14.2 Å². The van der Waals surface area contributed by atoms with Crippen molar-refractivity contribution in [2.24, 2.45) is 0 Å². The number of benzene rings is 3. The Morgan fingerprint density at radius 2 is 1.38 bits per heavy atom. The molecule has 0 bridgehead atoms. The third-order valence-corrected chi connectivity index (χ3v) is 5.20. The molecule has 3 aromatic rings. The summed E-state index contributed by atoms with van der Waals surface area (Å²) in [7, 11) is 6.62. The topological polar surface area (TPSA) is 65.1 Å². The first-order valence-electron chi connectivity index (χ1n) is 10.9. The molecule has 0 aliphatic rings. The summed E-state index contributed by atoms with van der Waals surface area (Å²) in [5.41, 5.74) is 3.17. The molecule has 0 N–H and O–H groups in total. The van der Waals surface area contributed by atoms with Gasteiger partial charge in [0, 0.05) is 32.2 Å². The molecule has 0 aliphatic carbocycles. The molecule has 0 radical (unpaired) electrons. The number of nitrogens with zero attached hydrogens (tertiary/aromatic N) is 1. The van der Waals surface area contributed by atoms with E-state index in [1.165, 1.54) is 0 Å². The Hall–Kier alpha value is -4.06. The fourth-order valence-electron chi connectivity index (χ4n) is 3.38. The van der Waals surface area contributed by atoms with Crippen molar-refractivity contribution in [1.82, 2.24) is 4.90 Å². The largest absolute Gasteiger partial charge is 0.497 e. The molecule has 6 heteroatoms. The highest BCUT2D eigenvalue weighted by atomic mass is 16.5. The predicted molar refractivity (Wildman–Crippen MR) is 133 cm³/mol. The highest BCUT2D eigenvalue weighted by Gasteiger charge is 2.15. The number of aryl methyl sites for hydroxylation is 1. The van der Waals surface area contributed by atoms with Gasteiger partial charge in [-0.25, -0.2) is 0 Å². The van der Waals surface area contributed by atoms with Crippen LogP contribution in [-0.2, 0) is 16.0 Å². The van der Waals surface area contributed by atoms with Crippen LogP contribution in [0.25, 0.3) is 11.6 Å². The molecule has 3 rings (SSSR count). The fraction of sp³-hybridized carbons (Fsp3) is 0.214. The SMILES string of the molecule is COc1cc(/C=C(/C(=O)N(C)C)c2ccc(Oc3ccc(CCC=O)cc3)cc2)cc(OC)c1. The molecule has 3 aromatic carbocycles. The second kappa shape index (κ2) is 11.7. The zero-order valence-electron chi connectivity index (χ0n) is 19.9. The van der Waals surface area contributed by atoms with Gasteiger partial charge in [-0.3, -0.25) is 4.79 Å². The van der Waals surface area contributed by atoms with E-state index in [1.807, 2.05) is 66.7 Å². The van der Waals surface area contributed by atoms with Crippen molar-refractivity contribution in [3.8, 4) is 23.0 Å². The molecule has 1 amide bonds. The van der Waals surface area contributed by atoms with Gasteiger partial charge in [-0.2, -0.15) is 0 Å². The predicted octanol–water partition coefficient (Wildman–Crippen LogP) is 5.26. The molecule has 0 fully saturated rings. The lowest BCUT2D eigenvalue weighted by molar-refractivity contribution is -0.122. The highest BCUT2D eigenvalue weighted by molar-refractivity contribution is 6.24. The number of aldehydes is 1. The van der Waals surface area contributed by atoms with Crippen LogP contribution in [0.3, 0.4) is 0 Å². The lowest BCUT2D eigenvalue weighted by atomic mass is 10.0. The van der Waals surface area contributed by atoms with Gasteiger partial charge in [0.05, 0.1) is 14.2 Å². The average Bonchev–Trinajstić information content (AvgIpc) is 2.86. The third kappa shape index (κ3) is 6.48. The number of rotatable bonds is 10. The number of hydrogen-bond donors (Lipinski definition) is 0. The van der Waals surface area contributed by atoms with E-state index in [0.29, 0.717) is 41.4 Å². The average molecular weight is 460 g/mol. The van der Waals surface area contributed by atoms with E-state index in [-0.39, 0.29) is 5.91 Å². The first kappa shape index (κ1) is 24.6. The molecule has 6 nitrogen and oxygen atoms in total. The molecule has 0 heterocycles. The van der Waals surface area contributed by atoms with Gasteiger partial charge < -0.3 is 23.9 Å². The number of amides is 1. The van der Waals surface area contributed by atoms with Gasteiger partial charge in [0.25, 0.3) is 5.91 Å². The van der Waals surface area contributed by atoms with Crippen molar-refractivity contribution >= 4 is 23.8 Å². The number of methoxy groups -OCH3 is 2. The normalized spacial score (nSPS) is 11.0. The lowest BCUT2D eigenvalue weighted by Crippen LogP contribution is -2.22. The first-order valence-corrected chi connectivity index (χ1v) is 10.9. The van der Waals surface area contributed by atoms with Crippen molar-refractivity contribution in [3.63, 3.8) is 0 Å². The number of likely N-dealkylation sites (N-methyl/N-ethyl adjacent to an activating group) is 1. The second-order valence-electron chi connectivity index (χ2n) is 7.88. The smallest absolute Gasteiger partial charge is 0.253 e. The molecular formula is C28H29NO5. The van der Waals surface area contributed by atoms with Crippen LogP contribution in [0.15, 0.2) is 66.7 Å². The standard InChI is InChI=1S/C28H29NO5/c1-29(2)28(31)27(18-21-16-25(32-3)19-26(17-21)33-4)22-9-13-24(14-10-22)34-23-11-7-20(8-12-23)6-5-15-30/h7-19H,5-6H2,1-4H3/b27-18+. The highest BCUT2D eigenvalue weighted by Crippen LogP contribution is 2.29. The summed E-state index contributed by atoms with van der Waals surface area (Å²) in [6.45, 7) is 0. The van der Waals surface area contributed by atoms with Crippen molar-refractivity contribution in [2.45, 2.75) is 12.8 Å². The summed E-state index contributed by atoms with van der Waals surface area (Å²) in [6.07, 6.45) is 3.96. The Morgan fingerprint density at radius 1 is 0.824 bits per heavy atom. The molecule has 0 aromatic heterocycles. The molecular weight excluding hydrogens is 430 g/mol. The van der Waals surface area contributed by atoms with Crippen molar-refractivity contribution in [1.29, 1.82) is 0 Å².